The zero-order valence-corrected chi connectivity index (χ0v) is 10.1. The number of hydrogen-bond acceptors (Lipinski definition) is 3. The van der Waals surface area contributed by atoms with Crippen LogP contribution in [0.3, 0.4) is 0 Å². The van der Waals surface area contributed by atoms with Gasteiger partial charge < -0.3 is 4.42 Å². The van der Waals surface area contributed by atoms with Crippen LogP contribution in [0.2, 0.25) is 0 Å². The third-order valence-corrected chi connectivity index (χ3v) is 2.76. The van der Waals surface area contributed by atoms with Gasteiger partial charge in [-0.2, -0.15) is 4.98 Å². The van der Waals surface area contributed by atoms with Gasteiger partial charge in [-0.25, -0.2) is 0 Å². The van der Waals surface area contributed by atoms with Crippen LogP contribution in [0.1, 0.15) is 11.5 Å². The van der Waals surface area contributed by atoms with Gasteiger partial charge in [0, 0.05) is 6.08 Å². The van der Waals surface area contributed by atoms with Gasteiger partial charge >= 0.3 is 0 Å². The van der Waals surface area contributed by atoms with Crippen molar-refractivity contribution in [2.75, 3.05) is 0 Å². The number of para-hydroxylation sites is 1. The molecule has 1 heterocycles. The third-order valence-electron chi connectivity index (χ3n) is 2.76. The fourth-order valence-electron chi connectivity index (χ4n) is 1.83. The molecule has 0 aliphatic carbocycles. The highest BCUT2D eigenvalue weighted by molar-refractivity contribution is 5.76. The number of aromatic nitrogens is 1. The Bertz CT molecular complexity index is 788. The van der Waals surface area contributed by atoms with Crippen LogP contribution in [0.5, 0.6) is 0 Å². The summed E-state index contributed by atoms with van der Waals surface area (Å²) in [6.45, 7) is 0. The lowest BCUT2D eigenvalue weighted by Crippen LogP contribution is -2.06. The predicted octanol–water partition coefficient (Wildman–Crippen LogP) is 3.36. The second-order valence-corrected chi connectivity index (χ2v) is 4.10. The van der Waals surface area contributed by atoms with Crippen molar-refractivity contribution < 1.29 is 4.42 Å². The maximum absolute atomic E-state index is 11.8. The van der Waals surface area contributed by atoms with Crippen molar-refractivity contribution in [3.8, 4) is 0 Å². The first-order valence-electron chi connectivity index (χ1n) is 5.96. The lowest BCUT2D eigenvalue weighted by molar-refractivity contribution is 0.563. The average molecular weight is 249 g/mol. The molecule has 0 atom stereocenters. The minimum atomic E-state index is -0.269. The van der Waals surface area contributed by atoms with Crippen molar-refractivity contribution in [1.29, 1.82) is 0 Å². The maximum atomic E-state index is 11.8. The van der Waals surface area contributed by atoms with Crippen LogP contribution in [0.4, 0.5) is 0 Å². The molecule has 0 spiro atoms. The maximum Gasteiger partial charge on any atom is 0.284 e. The highest BCUT2D eigenvalue weighted by Gasteiger charge is 2.02. The van der Waals surface area contributed by atoms with Crippen molar-refractivity contribution in [1.82, 2.24) is 4.98 Å². The van der Waals surface area contributed by atoms with Crippen LogP contribution < -0.4 is 5.56 Å². The van der Waals surface area contributed by atoms with E-state index in [1.165, 1.54) is 0 Å². The van der Waals surface area contributed by atoms with E-state index in [1.807, 2.05) is 42.5 Å². The van der Waals surface area contributed by atoms with Crippen LogP contribution in [0, 0.1) is 0 Å². The lowest BCUT2D eigenvalue weighted by Gasteiger charge is -1.97. The molecule has 92 valence electrons. The van der Waals surface area contributed by atoms with Crippen molar-refractivity contribution in [2.24, 2.45) is 0 Å². The number of rotatable bonds is 2. The molecular weight excluding hydrogens is 238 g/mol. The van der Waals surface area contributed by atoms with Crippen molar-refractivity contribution in [2.45, 2.75) is 0 Å². The molecule has 0 N–H and O–H groups in total. The topological polar surface area (TPSA) is 43.1 Å². The van der Waals surface area contributed by atoms with Gasteiger partial charge in [-0.1, -0.05) is 42.5 Å². The van der Waals surface area contributed by atoms with E-state index in [4.69, 9.17) is 4.42 Å². The Morgan fingerprint density at radius 2 is 1.63 bits per heavy atom. The van der Waals surface area contributed by atoms with E-state index in [0.29, 0.717) is 16.9 Å². The van der Waals surface area contributed by atoms with Gasteiger partial charge in [0.25, 0.3) is 5.56 Å². The molecule has 3 nitrogen and oxygen atoms in total. The first-order chi connectivity index (χ1) is 9.33. The Morgan fingerprint density at radius 3 is 2.47 bits per heavy atom. The molecule has 0 aliphatic rings. The number of benzene rings is 2. The Morgan fingerprint density at radius 1 is 0.895 bits per heavy atom. The van der Waals surface area contributed by atoms with Gasteiger partial charge in [0.2, 0.25) is 5.89 Å². The highest BCUT2D eigenvalue weighted by Crippen LogP contribution is 2.12. The number of nitrogens with zero attached hydrogens (tertiary/aromatic N) is 1. The first-order valence-corrected chi connectivity index (χ1v) is 5.96. The summed E-state index contributed by atoms with van der Waals surface area (Å²) < 4.78 is 5.57. The molecule has 1 aromatic heterocycles. The van der Waals surface area contributed by atoms with E-state index in [-0.39, 0.29) is 5.56 Å². The zero-order valence-electron chi connectivity index (χ0n) is 10.1. The highest BCUT2D eigenvalue weighted by atomic mass is 16.3. The van der Waals surface area contributed by atoms with Gasteiger partial charge in [-0.15, -0.1) is 0 Å². The van der Waals surface area contributed by atoms with E-state index in [2.05, 4.69) is 4.98 Å². The van der Waals surface area contributed by atoms with Gasteiger partial charge in [0.05, 0.1) is 5.39 Å². The van der Waals surface area contributed by atoms with E-state index >= 15 is 0 Å². The summed E-state index contributed by atoms with van der Waals surface area (Å²) in [5.41, 5.74) is 1.31. The lowest BCUT2D eigenvalue weighted by atomic mass is 10.2. The molecule has 0 unspecified atom stereocenters. The molecule has 19 heavy (non-hydrogen) atoms. The quantitative estimate of drug-likeness (QED) is 0.699. The zero-order chi connectivity index (χ0) is 13.1. The molecule has 0 amide bonds. The Hall–Kier alpha value is -2.68. The summed E-state index contributed by atoms with van der Waals surface area (Å²) in [5.74, 6) is 0.313. The Labute approximate surface area is 109 Å². The van der Waals surface area contributed by atoms with E-state index in [1.54, 1.807) is 24.3 Å². The van der Waals surface area contributed by atoms with Gasteiger partial charge in [0.1, 0.15) is 5.58 Å². The summed E-state index contributed by atoms with van der Waals surface area (Å²) >= 11 is 0. The molecular formula is C16H11NO2. The van der Waals surface area contributed by atoms with Crippen LogP contribution in [-0.2, 0) is 0 Å². The smallest absolute Gasteiger partial charge is 0.284 e. The first kappa shape index (κ1) is 11.4. The summed E-state index contributed by atoms with van der Waals surface area (Å²) in [4.78, 5) is 15.7. The van der Waals surface area contributed by atoms with Crippen LogP contribution >= 0.6 is 0 Å². The summed E-state index contributed by atoms with van der Waals surface area (Å²) in [7, 11) is 0. The molecule has 0 saturated heterocycles. The Kier molecular flexibility index (Phi) is 2.94. The molecule has 0 fully saturated rings. The molecule has 0 bridgehead atoms. The largest absolute Gasteiger partial charge is 0.438 e. The number of fused-ring (bicyclic) bond motifs is 1. The fraction of sp³-hybridized carbons (Fsp3) is 0. The molecule has 3 heteroatoms. The van der Waals surface area contributed by atoms with Crippen molar-refractivity contribution in [3.05, 3.63) is 76.4 Å². The fourth-order valence-corrected chi connectivity index (χ4v) is 1.83. The third kappa shape index (κ3) is 2.45. The van der Waals surface area contributed by atoms with Gasteiger partial charge in [-0.3, -0.25) is 4.79 Å². The Balaban J connectivity index is 2.02. The molecule has 0 radical (unpaired) electrons. The molecule has 3 rings (SSSR count). The molecule has 2 aromatic carbocycles. The van der Waals surface area contributed by atoms with E-state index in [9.17, 15) is 4.79 Å². The second-order valence-electron chi connectivity index (χ2n) is 4.10. The van der Waals surface area contributed by atoms with Crippen LogP contribution in [-0.4, -0.2) is 4.98 Å². The monoisotopic (exact) mass is 249 g/mol. The summed E-state index contributed by atoms with van der Waals surface area (Å²) in [5, 5.41) is 0.499. The van der Waals surface area contributed by atoms with Crippen molar-refractivity contribution >= 4 is 23.1 Å². The van der Waals surface area contributed by atoms with Crippen LogP contribution in [0.25, 0.3) is 23.1 Å². The standard InChI is InChI=1S/C16H11NO2/c18-16-13-8-4-5-9-14(13)19-15(17-16)11-10-12-6-2-1-3-7-12/h1-11H/b11-10+. The van der Waals surface area contributed by atoms with Crippen LogP contribution in [0.15, 0.2) is 63.8 Å². The summed E-state index contributed by atoms with van der Waals surface area (Å²) in [6, 6.07) is 16.9. The van der Waals surface area contributed by atoms with Gasteiger partial charge in [-0.05, 0) is 23.8 Å². The SMILES string of the molecule is O=c1nc(/C=C/c2ccccc2)oc2ccccc12. The molecule has 0 saturated carbocycles. The van der Waals surface area contributed by atoms with E-state index < -0.39 is 0 Å². The molecule has 3 aromatic rings. The predicted molar refractivity (Wildman–Crippen MR) is 75.6 cm³/mol. The molecule has 0 aliphatic heterocycles. The normalized spacial score (nSPS) is 11.2. The summed E-state index contributed by atoms with van der Waals surface area (Å²) in [6.07, 6.45) is 3.56. The average Bonchev–Trinajstić information content (AvgIpc) is 2.46. The van der Waals surface area contributed by atoms with Crippen molar-refractivity contribution in [3.63, 3.8) is 0 Å². The van der Waals surface area contributed by atoms with Gasteiger partial charge in [0.15, 0.2) is 0 Å². The second kappa shape index (κ2) is 4.90. The minimum absolute atomic E-state index is 0.269. The number of hydrogen-bond donors (Lipinski definition) is 0. The van der Waals surface area contributed by atoms with E-state index in [0.717, 1.165) is 5.56 Å². The minimum Gasteiger partial charge on any atom is -0.438 e.